The third-order valence-corrected chi connectivity index (χ3v) is 6.16. The molecular formula is C22H27NO2. The van der Waals surface area contributed by atoms with Gasteiger partial charge in [-0.05, 0) is 54.6 Å². The predicted octanol–water partition coefficient (Wildman–Crippen LogP) is 3.39. The number of fused-ring (bicyclic) bond motifs is 2. The van der Waals surface area contributed by atoms with Gasteiger partial charge in [0.25, 0.3) is 0 Å². The van der Waals surface area contributed by atoms with Gasteiger partial charge in [-0.3, -0.25) is 0 Å². The maximum Gasteiger partial charge on any atom is 0.119 e. The van der Waals surface area contributed by atoms with Crippen molar-refractivity contribution in [2.75, 3.05) is 26.7 Å². The molecule has 2 fully saturated rings. The van der Waals surface area contributed by atoms with E-state index in [-0.39, 0.29) is 5.92 Å². The van der Waals surface area contributed by atoms with Crippen LogP contribution in [-0.2, 0) is 12.0 Å². The highest BCUT2D eigenvalue weighted by Gasteiger charge is 2.50. The molecule has 2 bridgehead atoms. The van der Waals surface area contributed by atoms with E-state index in [0.717, 1.165) is 30.0 Å². The molecule has 0 spiro atoms. The van der Waals surface area contributed by atoms with Crippen LogP contribution < -0.4 is 4.74 Å². The van der Waals surface area contributed by atoms with Crippen molar-refractivity contribution in [1.29, 1.82) is 0 Å². The Bertz CT molecular complexity index is 745. The molecule has 2 aromatic carbocycles. The largest absolute Gasteiger partial charge is 0.497 e. The number of methoxy groups -OCH3 is 1. The van der Waals surface area contributed by atoms with Crippen molar-refractivity contribution in [3.05, 3.63) is 65.2 Å². The number of hydrogen-bond acceptors (Lipinski definition) is 3. The van der Waals surface area contributed by atoms with Crippen molar-refractivity contribution < 1.29 is 9.84 Å². The molecule has 2 heterocycles. The Morgan fingerprint density at radius 3 is 2.56 bits per heavy atom. The zero-order chi connectivity index (χ0) is 17.4. The van der Waals surface area contributed by atoms with Crippen LogP contribution in [0.4, 0.5) is 0 Å². The van der Waals surface area contributed by atoms with Gasteiger partial charge in [0.05, 0.1) is 12.7 Å². The Morgan fingerprint density at radius 2 is 1.96 bits per heavy atom. The van der Waals surface area contributed by atoms with E-state index in [0.29, 0.717) is 12.3 Å². The van der Waals surface area contributed by atoms with Crippen LogP contribution in [0, 0.1) is 18.8 Å². The van der Waals surface area contributed by atoms with Crippen LogP contribution in [0.3, 0.4) is 0 Å². The van der Waals surface area contributed by atoms with Gasteiger partial charge in [-0.15, -0.1) is 0 Å². The van der Waals surface area contributed by atoms with Crippen molar-refractivity contribution in [2.45, 2.75) is 25.4 Å². The molecule has 0 aliphatic carbocycles. The first kappa shape index (κ1) is 16.6. The average Bonchev–Trinajstić information content (AvgIpc) is 3.26. The second kappa shape index (κ2) is 6.47. The Hall–Kier alpha value is -1.84. The summed E-state index contributed by atoms with van der Waals surface area (Å²) in [5.41, 5.74) is 2.52. The predicted molar refractivity (Wildman–Crippen MR) is 99.8 cm³/mol. The molecule has 3 nitrogen and oxygen atoms in total. The average molecular weight is 337 g/mol. The number of benzene rings is 2. The fourth-order valence-electron chi connectivity index (χ4n) is 4.91. The lowest BCUT2D eigenvalue weighted by molar-refractivity contribution is -0.0428. The first-order valence-corrected chi connectivity index (χ1v) is 9.24. The van der Waals surface area contributed by atoms with Crippen LogP contribution >= 0.6 is 0 Å². The van der Waals surface area contributed by atoms with Gasteiger partial charge in [0.2, 0.25) is 0 Å². The highest BCUT2D eigenvalue weighted by Crippen LogP contribution is 2.46. The minimum absolute atomic E-state index is 0.286. The van der Waals surface area contributed by atoms with E-state index in [1.165, 1.54) is 18.5 Å². The van der Waals surface area contributed by atoms with Gasteiger partial charge >= 0.3 is 0 Å². The second-order valence-corrected chi connectivity index (χ2v) is 7.68. The van der Waals surface area contributed by atoms with Crippen LogP contribution in [-0.4, -0.2) is 36.8 Å². The van der Waals surface area contributed by atoms with Crippen LogP contribution in [0.2, 0.25) is 0 Å². The van der Waals surface area contributed by atoms with Crippen molar-refractivity contribution in [3.8, 4) is 5.75 Å². The maximum absolute atomic E-state index is 12.0. The van der Waals surface area contributed by atoms with E-state index in [1.807, 2.05) is 18.2 Å². The maximum atomic E-state index is 12.0. The summed E-state index contributed by atoms with van der Waals surface area (Å²) in [5.74, 6) is 1.73. The van der Waals surface area contributed by atoms with E-state index in [2.05, 4.69) is 42.2 Å². The van der Waals surface area contributed by atoms with Crippen LogP contribution in [0.25, 0.3) is 0 Å². The fourth-order valence-corrected chi connectivity index (χ4v) is 4.91. The van der Waals surface area contributed by atoms with E-state index < -0.39 is 5.60 Å². The molecule has 0 amide bonds. The lowest BCUT2D eigenvalue weighted by Crippen LogP contribution is -2.44. The molecule has 2 aromatic rings. The van der Waals surface area contributed by atoms with E-state index in [4.69, 9.17) is 4.74 Å². The summed E-state index contributed by atoms with van der Waals surface area (Å²) in [4.78, 5) is 2.50. The quantitative estimate of drug-likeness (QED) is 0.908. The minimum Gasteiger partial charge on any atom is -0.497 e. The first-order valence-electron chi connectivity index (χ1n) is 9.24. The summed E-state index contributed by atoms with van der Waals surface area (Å²) in [7, 11) is 1.69. The van der Waals surface area contributed by atoms with Crippen LogP contribution in [0.15, 0.2) is 48.5 Å². The molecule has 4 rings (SSSR count). The summed E-state index contributed by atoms with van der Waals surface area (Å²) < 4.78 is 5.37. The molecule has 4 atom stereocenters. The van der Waals surface area contributed by atoms with Gasteiger partial charge in [0.1, 0.15) is 5.75 Å². The van der Waals surface area contributed by atoms with Gasteiger partial charge < -0.3 is 14.7 Å². The van der Waals surface area contributed by atoms with Gasteiger partial charge in [-0.2, -0.15) is 0 Å². The van der Waals surface area contributed by atoms with Gasteiger partial charge in [0, 0.05) is 25.4 Å². The number of ether oxygens (including phenoxy) is 1. The number of aliphatic hydroxyl groups is 1. The monoisotopic (exact) mass is 337 g/mol. The number of hydrogen-bond donors (Lipinski definition) is 1. The summed E-state index contributed by atoms with van der Waals surface area (Å²) in [5, 5.41) is 12.0. The highest BCUT2D eigenvalue weighted by atomic mass is 16.5. The Morgan fingerprint density at radius 1 is 1.16 bits per heavy atom. The third-order valence-electron chi connectivity index (χ3n) is 6.16. The molecule has 2 saturated heterocycles. The van der Waals surface area contributed by atoms with Crippen molar-refractivity contribution in [3.63, 3.8) is 0 Å². The number of nitrogens with zero attached hydrogens (tertiary/aromatic N) is 1. The molecule has 0 saturated carbocycles. The topological polar surface area (TPSA) is 32.7 Å². The highest BCUT2D eigenvalue weighted by molar-refractivity contribution is 5.40. The second-order valence-electron chi connectivity index (χ2n) is 7.68. The van der Waals surface area contributed by atoms with Crippen LogP contribution in [0.5, 0.6) is 5.75 Å². The molecule has 4 unspecified atom stereocenters. The lowest BCUT2D eigenvalue weighted by Gasteiger charge is -2.40. The zero-order valence-corrected chi connectivity index (χ0v) is 15.1. The molecule has 0 aromatic heterocycles. The van der Waals surface area contributed by atoms with Gasteiger partial charge in [-0.25, -0.2) is 0 Å². The molecule has 25 heavy (non-hydrogen) atoms. The molecular weight excluding hydrogens is 310 g/mol. The number of aryl methyl sites for hydroxylation is 1. The van der Waals surface area contributed by atoms with Crippen molar-refractivity contribution in [1.82, 2.24) is 4.90 Å². The zero-order valence-electron chi connectivity index (χ0n) is 15.1. The number of piperidine rings is 1. The lowest BCUT2D eigenvalue weighted by atomic mass is 9.70. The SMILES string of the molecule is COc1ccc(C(O)(Cc2ccccc2)C2CN3CCC2C3)c(C)c1. The van der Waals surface area contributed by atoms with Gasteiger partial charge in [-0.1, -0.05) is 36.4 Å². The fraction of sp³-hybridized carbons (Fsp3) is 0.455. The Kier molecular flexibility index (Phi) is 4.30. The molecule has 132 valence electrons. The van der Waals surface area contributed by atoms with E-state index >= 15 is 0 Å². The smallest absolute Gasteiger partial charge is 0.119 e. The third kappa shape index (κ3) is 2.96. The summed E-state index contributed by atoms with van der Waals surface area (Å²) in [6.07, 6.45) is 1.87. The molecule has 1 N–H and O–H groups in total. The Balaban J connectivity index is 1.75. The molecule has 2 aliphatic heterocycles. The van der Waals surface area contributed by atoms with E-state index in [9.17, 15) is 5.11 Å². The minimum atomic E-state index is -0.836. The Labute approximate surface area is 150 Å². The van der Waals surface area contributed by atoms with Crippen molar-refractivity contribution in [2.24, 2.45) is 11.8 Å². The van der Waals surface area contributed by atoms with Crippen molar-refractivity contribution >= 4 is 0 Å². The van der Waals surface area contributed by atoms with Gasteiger partial charge in [0.15, 0.2) is 0 Å². The number of rotatable bonds is 5. The van der Waals surface area contributed by atoms with E-state index in [1.54, 1.807) is 7.11 Å². The summed E-state index contributed by atoms with van der Waals surface area (Å²) >= 11 is 0. The normalized spacial score (nSPS) is 27.2. The first-order chi connectivity index (χ1) is 12.1. The summed E-state index contributed by atoms with van der Waals surface area (Å²) in [6.45, 7) is 5.40. The standard InChI is InChI=1S/C22H27NO2/c1-16-12-19(25-2)8-9-20(16)22(24,13-17-6-4-3-5-7-17)21-15-23-11-10-18(21)14-23/h3-9,12,18,21,24H,10-11,13-15H2,1-2H3. The summed E-state index contributed by atoms with van der Waals surface area (Å²) in [6, 6.07) is 16.5. The molecule has 2 aliphatic rings. The molecule has 0 radical (unpaired) electrons. The van der Waals surface area contributed by atoms with Crippen LogP contribution in [0.1, 0.15) is 23.1 Å². The molecule has 3 heteroatoms.